The molecule has 7 heteroatoms. The van der Waals surface area contributed by atoms with Gasteiger partial charge in [0.05, 0.1) is 10.0 Å². The molecule has 0 atom stereocenters. The maximum absolute atomic E-state index is 13.4. The van der Waals surface area contributed by atoms with Crippen LogP contribution in [0.4, 0.5) is 23.2 Å². The Morgan fingerprint density at radius 1 is 0.950 bits per heavy atom. The number of benzene rings is 2. The quantitative estimate of drug-likeness (QED) is 0.638. The van der Waals surface area contributed by atoms with Crippen LogP contribution < -0.4 is 5.32 Å². The Labute approximate surface area is 119 Å². The summed E-state index contributed by atoms with van der Waals surface area (Å²) in [6.07, 6.45) is 0. The van der Waals surface area contributed by atoms with Gasteiger partial charge in [-0.25, -0.2) is 17.6 Å². The molecule has 0 fully saturated rings. The summed E-state index contributed by atoms with van der Waals surface area (Å²) < 4.78 is 52.6. The fourth-order valence-electron chi connectivity index (χ4n) is 1.47. The van der Waals surface area contributed by atoms with Crippen molar-refractivity contribution in [3.05, 3.63) is 63.6 Å². The average Bonchev–Trinajstić information content (AvgIpc) is 2.40. The Bertz CT molecular complexity index is 690. The molecule has 0 saturated heterocycles. The molecule has 2 aromatic carbocycles. The highest BCUT2D eigenvalue weighted by atomic mass is 79.9. The zero-order valence-corrected chi connectivity index (χ0v) is 11.3. The number of halogens is 5. The van der Waals surface area contributed by atoms with E-state index in [0.29, 0.717) is 6.07 Å². The van der Waals surface area contributed by atoms with Crippen LogP contribution in [0.25, 0.3) is 0 Å². The monoisotopic (exact) mass is 347 g/mol. The molecule has 0 radical (unpaired) electrons. The molecule has 0 saturated carbocycles. The van der Waals surface area contributed by atoms with E-state index in [1.165, 1.54) is 12.1 Å². The minimum Gasteiger partial charge on any atom is -0.322 e. The number of carbonyl (C=O) groups excluding carboxylic acids is 1. The van der Waals surface area contributed by atoms with Crippen LogP contribution in [0.2, 0.25) is 0 Å². The second-order valence-corrected chi connectivity index (χ2v) is 4.66. The smallest absolute Gasteiger partial charge is 0.258 e. The predicted octanol–water partition coefficient (Wildman–Crippen LogP) is 4.26. The highest BCUT2D eigenvalue weighted by molar-refractivity contribution is 9.10. The van der Waals surface area contributed by atoms with Gasteiger partial charge in [0.2, 0.25) is 0 Å². The van der Waals surface area contributed by atoms with Gasteiger partial charge in [-0.3, -0.25) is 4.79 Å². The van der Waals surface area contributed by atoms with E-state index >= 15 is 0 Å². The Kier molecular flexibility index (Phi) is 4.08. The summed E-state index contributed by atoms with van der Waals surface area (Å²) in [6.45, 7) is 0. The second kappa shape index (κ2) is 5.62. The topological polar surface area (TPSA) is 29.1 Å². The Morgan fingerprint density at radius 2 is 1.65 bits per heavy atom. The number of hydrogen-bond acceptors (Lipinski definition) is 1. The fraction of sp³-hybridized carbons (Fsp3) is 0. The molecule has 1 amide bonds. The normalized spacial score (nSPS) is 10.4. The molecule has 0 aliphatic carbocycles. The lowest BCUT2D eigenvalue weighted by Gasteiger charge is -2.07. The van der Waals surface area contributed by atoms with E-state index < -0.39 is 34.7 Å². The standard InChI is InChI=1S/C13H6BrF4NO/c14-8-3-1-6(5-10(8)16)19-13(20)7-2-4-9(15)12(18)11(7)17/h1-5H,(H,19,20). The van der Waals surface area contributed by atoms with E-state index in [0.717, 1.165) is 12.1 Å². The minimum atomic E-state index is -1.74. The van der Waals surface area contributed by atoms with Crippen LogP contribution in [-0.2, 0) is 0 Å². The number of carbonyl (C=O) groups is 1. The molecular formula is C13H6BrF4NO. The van der Waals surface area contributed by atoms with Crippen molar-refractivity contribution in [3.8, 4) is 0 Å². The van der Waals surface area contributed by atoms with Crippen molar-refractivity contribution < 1.29 is 22.4 Å². The third-order valence-electron chi connectivity index (χ3n) is 2.46. The molecule has 2 aromatic rings. The van der Waals surface area contributed by atoms with Gasteiger partial charge in [-0.05, 0) is 46.3 Å². The Balaban J connectivity index is 2.28. The first-order chi connectivity index (χ1) is 9.40. The predicted molar refractivity (Wildman–Crippen MR) is 68.4 cm³/mol. The van der Waals surface area contributed by atoms with E-state index in [-0.39, 0.29) is 10.2 Å². The van der Waals surface area contributed by atoms with Crippen molar-refractivity contribution >= 4 is 27.5 Å². The van der Waals surface area contributed by atoms with E-state index in [1.807, 2.05) is 0 Å². The van der Waals surface area contributed by atoms with Crippen molar-refractivity contribution in [1.82, 2.24) is 0 Å². The molecular weight excluding hydrogens is 342 g/mol. The summed E-state index contributed by atoms with van der Waals surface area (Å²) in [5.41, 5.74) is -0.618. The highest BCUT2D eigenvalue weighted by Gasteiger charge is 2.19. The summed E-state index contributed by atoms with van der Waals surface area (Å²) in [6, 6.07) is 5.14. The van der Waals surface area contributed by atoms with E-state index in [1.54, 1.807) is 0 Å². The third-order valence-corrected chi connectivity index (χ3v) is 3.10. The van der Waals surface area contributed by atoms with Crippen LogP contribution in [0, 0.1) is 23.3 Å². The molecule has 2 rings (SSSR count). The SMILES string of the molecule is O=C(Nc1ccc(Br)c(F)c1)c1ccc(F)c(F)c1F. The zero-order chi connectivity index (χ0) is 14.9. The van der Waals surface area contributed by atoms with Crippen LogP contribution in [-0.4, -0.2) is 5.91 Å². The maximum atomic E-state index is 13.4. The highest BCUT2D eigenvalue weighted by Crippen LogP contribution is 2.21. The summed E-state index contributed by atoms with van der Waals surface area (Å²) in [5, 5.41) is 2.18. The van der Waals surface area contributed by atoms with Gasteiger partial charge in [0.25, 0.3) is 5.91 Å². The summed E-state index contributed by atoms with van der Waals surface area (Å²) in [4.78, 5) is 11.7. The van der Waals surface area contributed by atoms with Crippen molar-refractivity contribution in [3.63, 3.8) is 0 Å². The third kappa shape index (κ3) is 2.82. The van der Waals surface area contributed by atoms with Crippen LogP contribution >= 0.6 is 15.9 Å². The number of anilines is 1. The van der Waals surface area contributed by atoms with E-state index in [2.05, 4.69) is 21.2 Å². The van der Waals surface area contributed by atoms with Crippen LogP contribution in [0.3, 0.4) is 0 Å². The number of hydrogen-bond donors (Lipinski definition) is 1. The second-order valence-electron chi connectivity index (χ2n) is 3.81. The maximum Gasteiger partial charge on any atom is 0.258 e. The molecule has 0 aromatic heterocycles. The lowest BCUT2D eigenvalue weighted by Crippen LogP contribution is -2.15. The molecule has 2 nitrogen and oxygen atoms in total. The Hall–Kier alpha value is -1.89. The van der Waals surface area contributed by atoms with Gasteiger partial charge < -0.3 is 5.32 Å². The van der Waals surface area contributed by atoms with Crippen LogP contribution in [0.5, 0.6) is 0 Å². The van der Waals surface area contributed by atoms with Crippen molar-refractivity contribution in [2.75, 3.05) is 5.32 Å². The first kappa shape index (κ1) is 14.5. The average molecular weight is 348 g/mol. The van der Waals surface area contributed by atoms with Crippen LogP contribution in [0.15, 0.2) is 34.8 Å². The molecule has 0 unspecified atom stereocenters. The number of amides is 1. The molecule has 1 N–H and O–H groups in total. The lowest BCUT2D eigenvalue weighted by atomic mass is 10.1. The van der Waals surface area contributed by atoms with Crippen LogP contribution in [0.1, 0.15) is 10.4 Å². The first-order valence-corrected chi connectivity index (χ1v) is 6.09. The van der Waals surface area contributed by atoms with Crippen molar-refractivity contribution in [1.29, 1.82) is 0 Å². The molecule has 0 aliphatic heterocycles. The summed E-state index contributed by atoms with van der Waals surface area (Å²) >= 11 is 2.93. The van der Waals surface area contributed by atoms with Gasteiger partial charge in [0.15, 0.2) is 17.5 Å². The van der Waals surface area contributed by atoms with E-state index in [4.69, 9.17) is 0 Å². The van der Waals surface area contributed by atoms with Gasteiger partial charge >= 0.3 is 0 Å². The number of nitrogens with one attached hydrogen (secondary N) is 1. The molecule has 0 heterocycles. The van der Waals surface area contributed by atoms with Gasteiger partial charge in [-0.2, -0.15) is 0 Å². The summed E-state index contributed by atoms with van der Waals surface area (Å²) in [7, 11) is 0. The summed E-state index contributed by atoms with van der Waals surface area (Å²) in [5.74, 6) is -6.37. The lowest BCUT2D eigenvalue weighted by molar-refractivity contribution is 0.102. The Morgan fingerprint density at radius 3 is 2.30 bits per heavy atom. The van der Waals surface area contributed by atoms with E-state index in [9.17, 15) is 22.4 Å². The molecule has 20 heavy (non-hydrogen) atoms. The van der Waals surface area contributed by atoms with Gasteiger partial charge in [0.1, 0.15) is 5.82 Å². The molecule has 104 valence electrons. The van der Waals surface area contributed by atoms with Gasteiger partial charge in [0, 0.05) is 5.69 Å². The first-order valence-electron chi connectivity index (χ1n) is 5.30. The molecule has 0 spiro atoms. The zero-order valence-electron chi connectivity index (χ0n) is 9.68. The van der Waals surface area contributed by atoms with Gasteiger partial charge in [-0.1, -0.05) is 0 Å². The van der Waals surface area contributed by atoms with Crippen molar-refractivity contribution in [2.24, 2.45) is 0 Å². The number of rotatable bonds is 2. The fourth-order valence-corrected chi connectivity index (χ4v) is 1.72. The van der Waals surface area contributed by atoms with Gasteiger partial charge in [-0.15, -0.1) is 0 Å². The van der Waals surface area contributed by atoms with Crippen molar-refractivity contribution in [2.45, 2.75) is 0 Å². The largest absolute Gasteiger partial charge is 0.322 e. The molecule has 0 bridgehead atoms. The minimum absolute atomic E-state index is 0.0554. The molecule has 0 aliphatic rings.